The number of carbonyl (C=O) groups is 2. The van der Waals surface area contributed by atoms with E-state index in [2.05, 4.69) is 24.4 Å². The highest BCUT2D eigenvalue weighted by molar-refractivity contribution is 7.16. The van der Waals surface area contributed by atoms with Crippen LogP contribution in [0.15, 0.2) is 78.9 Å². The number of carbonyl (C=O) groups excluding carboxylic acids is 2. The molecule has 0 aliphatic rings. The van der Waals surface area contributed by atoms with E-state index in [1.54, 1.807) is 6.07 Å². The van der Waals surface area contributed by atoms with Crippen LogP contribution in [0.1, 0.15) is 59.5 Å². The molecule has 1 amide bonds. The third-order valence-corrected chi connectivity index (χ3v) is 6.95. The molecule has 6 heteroatoms. The fourth-order valence-corrected chi connectivity index (χ4v) is 5.23. The maximum absolute atomic E-state index is 12.8. The lowest BCUT2D eigenvalue weighted by atomic mass is 10.0. The molecule has 0 aliphatic carbocycles. The summed E-state index contributed by atoms with van der Waals surface area (Å²) in [6.07, 6.45) is 2.78. The molecule has 0 fully saturated rings. The first-order chi connectivity index (χ1) is 18.1. The SMILES string of the molecule is CCCc1cc(C(=O)CCC(=O)Nc2nc(-c3ccccc3)c(Cc3ccccc3)s2)ccc1OCC. The minimum atomic E-state index is -0.215. The first-order valence-corrected chi connectivity index (χ1v) is 13.6. The molecule has 0 aliphatic heterocycles. The Morgan fingerprint density at radius 2 is 1.65 bits per heavy atom. The van der Waals surface area contributed by atoms with Crippen LogP contribution in [-0.2, 0) is 17.6 Å². The van der Waals surface area contributed by atoms with Crippen molar-refractivity contribution in [2.24, 2.45) is 0 Å². The first kappa shape index (κ1) is 26.3. The number of anilines is 1. The van der Waals surface area contributed by atoms with Gasteiger partial charge >= 0.3 is 0 Å². The quantitative estimate of drug-likeness (QED) is 0.201. The van der Waals surface area contributed by atoms with Crippen LogP contribution in [-0.4, -0.2) is 23.3 Å². The van der Waals surface area contributed by atoms with E-state index in [-0.39, 0.29) is 24.5 Å². The second-order valence-electron chi connectivity index (χ2n) is 8.80. The molecule has 3 aromatic carbocycles. The van der Waals surface area contributed by atoms with E-state index < -0.39 is 0 Å². The van der Waals surface area contributed by atoms with Gasteiger partial charge < -0.3 is 10.1 Å². The van der Waals surface area contributed by atoms with Crippen molar-refractivity contribution in [3.63, 3.8) is 0 Å². The van der Waals surface area contributed by atoms with Crippen molar-refractivity contribution in [1.82, 2.24) is 4.98 Å². The molecule has 0 atom stereocenters. The lowest BCUT2D eigenvalue weighted by molar-refractivity contribution is -0.116. The van der Waals surface area contributed by atoms with E-state index in [9.17, 15) is 9.59 Å². The third-order valence-electron chi connectivity index (χ3n) is 5.98. The van der Waals surface area contributed by atoms with Crippen molar-refractivity contribution >= 4 is 28.2 Å². The molecular weight excluding hydrogens is 480 g/mol. The highest BCUT2D eigenvalue weighted by Gasteiger charge is 2.17. The zero-order chi connectivity index (χ0) is 26.0. The molecule has 190 valence electrons. The molecule has 37 heavy (non-hydrogen) atoms. The van der Waals surface area contributed by atoms with Crippen molar-refractivity contribution in [1.29, 1.82) is 0 Å². The summed E-state index contributed by atoms with van der Waals surface area (Å²) in [7, 11) is 0. The van der Waals surface area contributed by atoms with Gasteiger partial charge in [-0.05, 0) is 42.7 Å². The minimum absolute atomic E-state index is 0.0515. The normalized spacial score (nSPS) is 10.8. The van der Waals surface area contributed by atoms with Gasteiger partial charge in [0.1, 0.15) is 5.75 Å². The Morgan fingerprint density at radius 1 is 0.919 bits per heavy atom. The largest absolute Gasteiger partial charge is 0.494 e. The van der Waals surface area contributed by atoms with Gasteiger partial charge in [-0.15, -0.1) is 11.3 Å². The molecule has 5 nitrogen and oxygen atoms in total. The topological polar surface area (TPSA) is 68.3 Å². The number of hydrogen-bond acceptors (Lipinski definition) is 5. The molecule has 0 bridgehead atoms. The molecular formula is C31H32N2O3S. The number of benzene rings is 3. The van der Waals surface area contributed by atoms with Crippen LogP contribution >= 0.6 is 11.3 Å². The Bertz CT molecular complexity index is 1330. The predicted octanol–water partition coefficient (Wildman–Crippen LogP) is 7.35. The van der Waals surface area contributed by atoms with Gasteiger partial charge in [-0.2, -0.15) is 0 Å². The zero-order valence-electron chi connectivity index (χ0n) is 21.3. The number of thiazole rings is 1. The lowest BCUT2D eigenvalue weighted by Gasteiger charge is -2.11. The highest BCUT2D eigenvalue weighted by Crippen LogP contribution is 2.33. The van der Waals surface area contributed by atoms with Crippen LogP contribution in [0.4, 0.5) is 5.13 Å². The number of aryl methyl sites for hydroxylation is 1. The van der Waals surface area contributed by atoms with Gasteiger partial charge in [-0.1, -0.05) is 74.0 Å². The standard InChI is InChI=1S/C31H32N2O3S/c1-3-11-25-21-24(16-18-27(25)36-4-2)26(34)17-19-29(35)32-31-33-30(23-14-9-6-10-15-23)28(37-31)20-22-12-7-5-8-13-22/h5-10,12-16,18,21H,3-4,11,17,19-20H2,1-2H3,(H,32,33,35). The average molecular weight is 513 g/mol. The number of ether oxygens (including phenoxy) is 1. The number of nitrogens with one attached hydrogen (secondary N) is 1. The number of ketones is 1. The fraction of sp³-hybridized carbons (Fsp3) is 0.258. The van der Waals surface area contributed by atoms with Gasteiger partial charge in [0.25, 0.3) is 0 Å². The van der Waals surface area contributed by atoms with Gasteiger partial charge in [0.2, 0.25) is 5.91 Å². The Labute approximate surface area is 222 Å². The summed E-state index contributed by atoms with van der Waals surface area (Å²) >= 11 is 1.48. The molecule has 1 N–H and O–H groups in total. The number of Topliss-reactive ketones (excluding diaryl/α,β-unsaturated/α-hetero) is 1. The van der Waals surface area contributed by atoms with Gasteiger partial charge in [-0.25, -0.2) is 4.98 Å². The molecule has 4 aromatic rings. The number of hydrogen-bond donors (Lipinski definition) is 1. The van der Waals surface area contributed by atoms with Gasteiger partial charge in [-0.3, -0.25) is 9.59 Å². The molecule has 0 spiro atoms. The van der Waals surface area contributed by atoms with E-state index >= 15 is 0 Å². The number of amides is 1. The molecule has 0 unspecified atom stereocenters. The third kappa shape index (κ3) is 7.14. The summed E-state index contributed by atoms with van der Waals surface area (Å²) in [5.41, 5.74) is 4.72. The summed E-state index contributed by atoms with van der Waals surface area (Å²) in [5.74, 6) is 0.556. The summed E-state index contributed by atoms with van der Waals surface area (Å²) in [6, 6.07) is 25.8. The molecule has 0 saturated carbocycles. The lowest BCUT2D eigenvalue weighted by Crippen LogP contribution is -2.13. The van der Waals surface area contributed by atoms with Crippen LogP contribution in [0.25, 0.3) is 11.3 Å². The van der Waals surface area contributed by atoms with E-state index in [0.29, 0.717) is 17.3 Å². The van der Waals surface area contributed by atoms with E-state index in [1.807, 2.05) is 67.6 Å². The summed E-state index contributed by atoms with van der Waals surface area (Å²) in [6.45, 7) is 4.63. The second kappa shape index (κ2) is 13.0. The van der Waals surface area contributed by atoms with E-state index in [4.69, 9.17) is 9.72 Å². The molecule has 0 saturated heterocycles. The van der Waals surface area contributed by atoms with Crippen molar-refractivity contribution in [3.05, 3.63) is 100 Å². The molecule has 1 aromatic heterocycles. The summed E-state index contributed by atoms with van der Waals surface area (Å²) in [4.78, 5) is 31.4. The monoisotopic (exact) mass is 512 g/mol. The average Bonchev–Trinajstić information content (AvgIpc) is 3.31. The van der Waals surface area contributed by atoms with Crippen LogP contribution in [0.2, 0.25) is 0 Å². The second-order valence-corrected chi connectivity index (χ2v) is 9.88. The molecule has 0 radical (unpaired) electrons. The zero-order valence-corrected chi connectivity index (χ0v) is 22.1. The first-order valence-electron chi connectivity index (χ1n) is 12.7. The van der Waals surface area contributed by atoms with Crippen molar-refractivity contribution in [2.45, 2.75) is 46.0 Å². The fourth-order valence-electron chi connectivity index (χ4n) is 4.19. The molecule has 1 heterocycles. The maximum atomic E-state index is 12.8. The van der Waals surface area contributed by atoms with E-state index in [0.717, 1.165) is 46.7 Å². The predicted molar refractivity (Wildman–Crippen MR) is 151 cm³/mol. The number of nitrogens with zero attached hydrogens (tertiary/aromatic N) is 1. The maximum Gasteiger partial charge on any atom is 0.226 e. The number of rotatable bonds is 12. The van der Waals surface area contributed by atoms with Crippen molar-refractivity contribution in [3.8, 4) is 17.0 Å². The summed E-state index contributed by atoms with van der Waals surface area (Å²) in [5, 5.41) is 3.47. The summed E-state index contributed by atoms with van der Waals surface area (Å²) < 4.78 is 5.69. The van der Waals surface area contributed by atoms with Gasteiger partial charge in [0, 0.05) is 35.3 Å². The Balaban J connectivity index is 1.43. The minimum Gasteiger partial charge on any atom is -0.494 e. The van der Waals surface area contributed by atoms with Crippen LogP contribution in [0.3, 0.4) is 0 Å². The van der Waals surface area contributed by atoms with Crippen molar-refractivity contribution < 1.29 is 14.3 Å². The van der Waals surface area contributed by atoms with Crippen LogP contribution in [0, 0.1) is 0 Å². The highest BCUT2D eigenvalue weighted by atomic mass is 32.1. The Hall–Kier alpha value is -3.77. The smallest absolute Gasteiger partial charge is 0.226 e. The molecule has 4 rings (SSSR count). The van der Waals surface area contributed by atoms with Gasteiger partial charge in [0.05, 0.1) is 12.3 Å². The Morgan fingerprint density at radius 3 is 2.35 bits per heavy atom. The van der Waals surface area contributed by atoms with Crippen LogP contribution < -0.4 is 10.1 Å². The Kier molecular flexibility index (Phi) is 9.22. The van der Waals surface area contributed by atoms with Gasteiger partial charge in [0.15, 0.2) is 10.9 Å². The number of aromatic nitrogens is 1. The van der Waals surface area contributed by atoms with E-state index in [1.165, 1.54) is 16.9 Å². The van der Waals surface area contributed by atoms with Crippen molar-refractivity contribution in [2.75, 3.05) is 11.9 Å². The van der Waals surface area contributed by atoms with Crippen LogP contribution in [0.5, 0.6) is 5.75 Å².